The fraction of sp³-hybridized carbons (Fsp3) is 0.158. The van der Waals surface area contributed by atoms with E-state index in [2.05, 4.69) is 4.99 Å². The van der Waals surface area contributed by atoms with Crippen molar-refractivity contribution in [2.75, 3.05) is 6.61 Å². The molecule has 0 N–H and O–H groups in total. The summed E-state index contributed by atoms with van der Waals surface area (Å²) in [6.45, 7) is 2.70. The molecule has 0 unspecified atom stereocenters. The van der Waals surface area contributed by atoms with E-state index in [9.17, 15) is 4.79 Å². The number of hydrogen-bond donors (Lipinski definition) is 0. The minimum absolute atomic E-state index is 0.257. The number of rotatable bonds is 5. The normalized spacial score (nSPS) is 15.3. The molecule has 0 spiro atoms. The Labute approximate surface area is 145 Å². The fourth-order valence-electron chi connectivity index (χ4n) is 2.20. The minimum Gasteiger partial charge on any atom is -0.494 e. The highest BCUT2D eigenvalue weighted by Gasteiger charge is 2.24. The first kappa shape index (κ1) is 16.3. The number of ether oxygens (including phenoxy) is 2. The molecule has 1 heterocycles. The summed E-state index contributed by atoms with van der Waals surface area (Å²) in [5.41, 5.74) is 1.79. The van der Waals surface area contributed by atoms with Gasteiger partial charge in [0, 0.05) is 10.6 Å². The Hall–Kier alpha value is -2.59. The number of aliphatic imine (C=N–C) groups is 1. The third-order valence-corrected chi connectivity index (χ3v) is 3.60. The molecule has 2 aromatic rings. The second kappa shape index (κ2) is 7.32. The first-order chi connectivity index (χ1) is 11.7. The standard InChI is InChI=1S/C19H16ClNO3/c1-2-10-23-16-5-3-4-13(11-16)12-17-19(22)24-18(21-17)14-6-8-15(20)9-7-14/h3-9,11-12H,2,10H2,1H3. The molecule has 1 aliphatic rings. The van der Waals surface area contributed by atoms with Crippen LogP contribution in [0.3, 0.4) is 0 Å². The maximum absolute atomic E-state index is 12.0. The molecule has 0 saturated carbocycles. The summed E-state index contributed by atoms with van der Waals surface area (Å²) < 4.78 is 10.8. The summed E-state index contributed by atoms with van der Waals surface area (Å²) in [7, 11) is 0. The van der Waals surface area contributed by atoms with Crippen LogP contribution in [0.5, 0.6) is 5.75 Å². The monoisotopic (exact) mass is 341 g/mol. The zero-order chi connectivity index (χ0) is 16.9. The van der Waals surface area contributed by atoms with E-state index in [1.165, 1.54) is 0 Å². The van der Waals surface area contributed by atoms with Crippen molar-refractivity contribution in [1.82, 2.24) is 0 Å². The first-order valence-corrected chi connectivity index (χ1v) is 8.05. The quantitative estimate of drug-likeness (QED) is 0.595. The van der Waals surface area contributed by atoms with Gasteiger partial charge in [-0.25, -0.2) is 9.79 Å². The molecule has 0 amide bonds. The maximum atomic E-state index is 12.0. The molecular formula is C19H16ClNO3. The average molecular weight is 342 g/mol. The minimum atomic E-state index is -0.472. The lowest BCUT2D eigenvalue weighted by molar-refractivity contribution is -0.129. The van der Waals surface area contributed by atoms with Gasteiger partial charge in [0.1, 0.15) is 5.75 Å². The van der Waals surface area contributed by atoms with Crippen molar-refractivity contribution in [3.05, 3.63) is 70.4 Å². The fourth-order valence-corrected chi connectivity index (χ4v) is 2.32. The molecule has 0 aliphatic carbocycles. The lowest BCUT2D eigenvalue weighted by atomic mass is 10.2. The van der Waals surface area contributed by atoms with Crippen molar-refractivity contribution in [1.29, 1.82) is 0 Å². The van der Waals surface area contributed by atoms with Crippen LogP contribution >= 0.6 is 11.6 Å². The molecule has 24 heavy (non-hydrogen) atoms. The largest absolute Gasteiger partial charge is 0.494 e. The van der Waals surface area contributed by atoms with Gasteiger partial charge in [-0.1, -0.05) is 30.7 Å². The highest BCUT2D eigenvalue weighted by atomic mass is 35.5. The topological polar surface area (TPSA) is 47.9 Å². The second-order valence-corrected chi connectivity index (χ2v) is 5.70. The zero-order valence-electron chi connectivity index (χ0n) is 13.2. The van der Waals surface area contributed by atoms with Crippen molar-refractivity contribution >= 4 is 29.5 Å². The Kier molecular flexibility index (Phi) is 4.96. The van der Waals surface area contributed by atoms with Gasteiger partial charge in [-0.3, -0.25) is 0 Å². The summed E-state index contributed by atoms with van der Waals surface area (Å²) in [4.78, 5) is 16.3. The van der Waals surface area contributed by atoms with E-state index in [1.807, 2.05) is 31.2 Å². The van der Waals surface area contributed by atoms with E-state index in [-0.39, 0.29) is 11.6 Å². The predicted octanol–water partition coefficient (Wildman–Crippen LogP) is 4.47. The number of halogens is 1. The Morgan fingerprint density at radius 2 is 2.00 bits per heavy atom. The molecule has 1 aliphatic heterocycles. The van der Waals surface area contributed by atoms with E-state index in [4.69, 9.17) is 21.1 Å². The van der Waals surface area contributed by atoms with Crippen molar-refractivity contribution in [3.63, 3.8) is 0 Å². The Bertz CT molecular complexity index is 810. The van der Waals surface area contributed by atoms with Crippen LogP contribution in [0.15, 0.2) is 59.2 Å². The lowest BCUT2D eigenvalue weighted by Crippen LogP contribution is -2.05. The molecule has 0 aromatic heterocycles. The van der Waals surface area contributed by atoms with E-state index in [0.717, 1.165) is 17.7 Å². The summed E-state index contributed by atoms with van der Waals surface area (Å²) in [5.74, 6) is 0.570. The van der Waals surface area contributed by atoms with Crippen LogP contribution in [-0.2, 0) is 9.53 Å². The SMILES string of the molecule is CCCOc1cccc(C=C2N=C(c3ccc(Cl)cc3)OC2=O)c1. The highest BCUT2D eigenvalue weighted by molar-refractivity contribution is 6.30. The van der Waals surface area contributed by atoms with Crippen LogP contribution in [0.25, 0.3) is 6.08 Å². The molecule has 0 bridgehead atoms. The van der Waals surface area contributed by atoms with Gasteiger partial charge in [-0.2, -0.15) is 0 Å². The summed E-state index contributed by atoms with van der Waals surface area (Å²) in [6.07, 6.45) is 2.62. The van der Waals surface area contributed by atoms with E-state index < -0.39 is 5.97 Å². The molecule has 0 radical (unpaired) electrons. The Morgan fingerprint density at radius 3 is 2.75 bits per heavy atom. The number of nitrogens with zero attached hydrogens (tertiary/aromatic N) is 1. The van der Waals surface area contributed by atoms with E-state index in [1.54, 1.807) is 30.3 Å². The lowest BCUT2D eigenvalue weighted by Gasteiger charge is -2.04. The predicted molar refractivity (Wildman–Crippen MR) is 94.3 cm³/mol. The number of benzene rings is 2. The third kappa shape index (κ3) is 3.84. The van der Waals surface area contributed by atoms with Crippen molar-refractivity contribution in [3.8, 4) is 5.75 Å². The highest BCUT2D eigenvalue weighted by Crippen LogP contribution is 2.22. The molecule has 4 nitrogen and oxygen atoms in total. The van der Waals surface area contributed by atoms with Gasteiger partial charge in [0.05, 0.1) is 6.61 Å². The van der Waals surface area contributed by atoms with E-state index >= 15 is 0 Å². The van der Waals surface area contributed by atoms with Gasteiger partial charge >= 0.3 is 5.97 Å². The molecule has 122 valence electrons. The summed E-state index contributed by atoms with van der Waals surface area (Å²) >= 11 is 5.86. The van der Waals surface area contributed by atoms with E-state index in [0.29, 0.717) is 17.2 Å². The molecule has 0 atom stereocenters. The number of hydrogen-bond acceptors (Lipinski definition) is 4. The van der Waals surface area contributed by atoms with Gasteiger partial charge in [-0.05, 0) is 54.5 Å². The summed E-state index contributed by atoms with van der Waals surface area (Å²) in [6, 6.07) is 14.5. The maximum Gasteiger partial charge on any atom is 0.363 e. The second-order valence-electron chi connectivity index (χ2n) is 5.26. The first-order valence-electron chi connectivity index (χ1n) is 7.67. The van der Waals surface area contributed by atoms with Crippen LogP contribution in [0, 0.1) is 0 Å². The molecule has 5 heteroatoms. The van der Waals surface area contributed by atoms with Crippen molar-refractivity contribution in [2.45, 2.75) is 13.3 Å². The Balaban J connectivity index is 1.84. The van der Waals surface area contributed by atoms with Gasteiger partial charge in [-0.15, -0.1) is 0 Å². The van der Waals surface area contributed by atoms with Crippen molar-refractivity contribution in [2.24, 2.45) is 4.99 Å². The number of carbonyl (C=O) groups is 1. The Morgan fingerprint density at radius 1 is 1.21 bits per heavy atom. The van der Waals surface area contributed by atoms with Gasteiger partial charge in [0.15, 0.2) is 5.70 Å². The van der Waals surface area contributed by atoms with Gasteiger partial charge in [0.25, 0.3) is 0 Å². The van der Waals surface area contributed by atoms with Gasteiger partial charge in [0.2, 0.25) is 5.90 Å². The van der Waals surface area contributed by atoms with Crippen LogP contribution in [0.4, 0.5) is 0 Å². The molecule has 0 saturated heterocycles. The molecule has 0 fully saturated rings. The average Bonchev–Trinajstić information content (AvgIpc) is 2.95. The molecular weight excluding hydrogens is 326 g/mol. The van der Waals surface area contributed by atoms with Gasteiger partial charge < -0.3 is 9.47 Å². The van der Waals surface area contributed by atoms with Crippen LogP contribution in [0.1, 0.15) is 24.5 Å². The number of carbonyl (C=O) groups excluding carboxylic acids is 1. The molecule has 3 rings (SSSR count). The van der Waals surface area contributed by atoms with Crippen LogP contribution in [0.2, 0.25) is 5.02 Å². The van der Waals surface area contributed by atoms with Crippen LogP contribution in [-0.4, -0.2) is 18.5 Å². The smallest absolute Gasteiger partial charge is 0.363 e. The zero-order valence-corrected chi connectivity index (χ0v) is 13.9. The number of esters is 1. The van der Waals surface area contributed by atoms with Crippen LogP contribution < -0.4 is 4.74 Å². The van der Waals surface area contributed by atoms with Crippen molar-refractivity contribution < 1.29 is 14.3 Å². The molecule has 2 aromatic carbocycles. The number of cyclic esters (lactones) is 1. The third-order valence-electron chi connectivity index (χ3n) is 3.35. The summed E-state index contributed by atoms with van der Waals surface area (Å²) in [5, 5.41) is 0.614.